The van der Waals surface area contributed by atoms with Crippen molar-refractivity contribution in [2.45, 2.75) is 45.3 Å². The minimum Gasteiger partial charge on any atom is -0.427 e. The van der Waals surface area contributed by atoms with Crippen LogP contribution in [-0.2, 0) is 22.7 Å². The molecule has 1 aromatic heterocycles. The first-order valence-corrected chi connectivity index (χ1v) is 15.6. The minimum atomic E-state index is -0.912. The zero-order valence-corrected chi connectivity index (χ0v) is 26.1. The summed E-state index contributed by atoms with van der Waals surface area (Å²) in [5, 5.41) is 0.959. The predicted molar refractivity (Wildman–Crippen MR) is 171 cm³/mol. The zero-order valence-electron chi connectivity index (χ0n) is 24.6. The maximum absolute atomic E-state index is 13.9. The maximum atomic E-state index is 13.9. The highest BCUT2D eigenvalue weighted by atomic mass is 35.5. The molecule has 2 amide bonds. The molecule has 5 rings (SSSR count). The van der Waals surface area contributed by atoms with Gasteiger partial charge in [0.2, 0.25) is 5.91 Å². The van der Waals surface area contributed by atoms with E-state index in [-0.39, 0.29) is 18.0 Å². The van der Waals surface area contributed by atoms with Crippen molar-refractivity contribution in [3.05, 3.63) is 110 Å². The van der Waals surface area contributed by atoms with Gasteiger partial charge in [0.1, 0.15) is 17.4 Å². The molecule has 44 heavy (non-hydrogen) atoms. The van der Waals surface area contributed by atoms with Crippen LogP contribution in [0.4, 0.5) is 5.69 Å². The molecule has 9 nitrogen and oxygen atoms in total. The van der Waals surface area contributed by atoms with E-state index in [2.05, 4.69) is 17.3 Å². The number of rotatable bonds is 11. The van der Waals surface area contributed by atoms with Crippen LogP contribution in [0.15, 0.2) is 81.6 Å². The second kappa shape index (κ2) is 14.8. The molecular formula is C33H36Cl2N4O5. The van der Waals surface area contributed by atoms with Gasteiger partial charge in [-0.05, 0) is 48.4 Å². The number of halogens is 2. The molecule has 2 aliphatic heterocycles. The Kier molecular flexibility index (Phi) is 10.6. The Morgan fingerprint density at radius 3 is 2.45 bits per heavy atom. The average Bonchev–Trinajstić information content (AvgIpc) is 3.47. The van der Waals surface area contributed by atoms with Crippen LogP contribution >= 0.6 is 23.2 Å². The Labute approximate surface area is 266 Å². The first kappa shape index (κ1) is 31.6. The van der Waals surface area contributed by atoms with Crippen molar-refractivity contribution in [1.82, 2.24) is 15.3 Å². The monoisotopic (exact) mass is 638 g/mol. The number of nitrogens with zero attached hydrogens (tertiary/aromatic N) is 3. The van der Waals surface area contributed by atoms with Gasteiger partial charge in [-0.1, -0.05) is 73.3 Å². The first-order valence-electron chi connectivity index (χ1n) is 14.9. The SMILES string of the molecule is CCCCCc1ccc(C(=O)N2CC(NOCc3ccccc3)=CC2C(=O)N2CCN(c3ccc(Cl)c(Cl)c3)CC2)c(=O)o1. The molecule has 11 heteroatoms. The quantitative estimate of drug-likeness (QED) is 0.220. The molecule has 3 aromatic rings. The Hall–Kier alpha value is -3.79. The molecule has 1 N–H and O–H groups in total. The smallest absolute Gasteiger partial charge is 0.348 e. The second-order valence-electron chi connectivity index (χ2n) is 10.9. The number of nitrogens with one attached hydrogen (secondary N) is 1. The fraction of sp³-hybridized carbons (Fsp3) is 0.364. The van der Waals surface area contributed by atoms with Crippen LogP contribution in [0.3, 0.4) is 0 Å². The van der Waals surface area contributed by atoms with Crippen molar-refractivity contribution < 1.29 is 18.8 Å². The third-order valence-corrected chi connectivity index (χ3v) is 8.57. The van der Waals surface area contributed by atoms with E-state index in [9.17, 15) is 14.4 Å². The number of hydrogen-bond acceptors (Lipinski definition) is 7. The Morgan fingerprint density at radius 2 is 1.75 bits per heavy atom. The number of hydrogen-bond donors (Lipinski definition) is 1. The summed E-state index contributed by atoms with van der Waals surface area (Å²) < 4.78 is 5.48. The van der Waals surface area contributed by atoms with Crippen molar-refractivity contribution in [1.29, 1.82) is 0 Å². The highest BCUT2D eigenvalue weighted by molar-refractivity contribution is 6.42. The minimum absolute atomic E-state index is 0.0744. The molecule has 3 heterocycles. The van der Waals surface area contributed by atoms with Gasteiger partial charge in [0.15, 0.2) is 0 Å². The molecule has 2 aliphatic rings. The maximum Gasteiger partial charge on any atom is 0.348 e. The molecule has 1 saturated heterocycles. The van der Waals surface area contributed by atoms with Crippen LogP contribution in [0.1, 0.15) is 47.9 Å². The van der Waals surface area contributed by atoms with E-state index in [0.29, 0.717) is 60.7 Å². The molecule has 2 aromatic carbocycles. The molecule has 0 aliphatic carbocycles. The first-order chi connectivity index (χ1) is 21.3. The molecule has 1 atom stereocenters. The van der Waals surface area contributed by atoms with Crippen LogP contribution in [0, 0.1) is 0 Å². The number of amides is 2. The summed E-state index contributed by atoms with van der Waals surface area (Å²) in [6.07, 6.45) is 5.30. The molecule has 0 radical (unpaired) electrons. The number of benzene rings is 2. The number of aryl methyl sites for hydroxylation is 1. The molecular weight excluding hydrogens is 603 g/mol. The van der Waals surface area contributed by atoms with Crippen molar-refractivity contribution >= 4 is 40.7 Å². The number of unbranched alkanes of at least 4 members (excludes halogenated alkanes) is 2. The van der Waals surface area contributed by atoms with Gasteiger partial charge in [0.25, 0.3) is 5.91 Å². The molecule has 1 unspecified atom stereocenters. The average molecular weight is 640 g/mol. The van der Waals surface area contributed by atoms with Gasteiger partial charge in [0, 0.05) is 38.3 Å². The molecule has 0 saturated carbocycles. The number of carbonyl (C=O) groups excluding carboxylic acids is 2. The van der Waals surface area contributed by atoms with E-state index in [1.165, 1.54) is 11.0 Å². The topological polar surface area (TPSA) is 95.3 Å². The van der Waals surface area contributed by atoms with E-state index in [0.717, 1.165) is 30.5 Å². The molecule has 1 fully saturated rings. The molecule has 232 valence electrons. The summed E-state index contributed by atoms with van der Waals surface area (Å²) in [5.41, 5.74) is 4.55. The summed E-state index contributed by atoms with van der Waals surface area (Å²) in [6, 6.07) is 17.4. The van der Waals surface area contributed by atoms with Gasteiger partial charge >= 0.3 is 5.63 Å². The number of hydroxylamine groups is 1. The Balaban J connectivity index is 1.30. The molecule has 0 bridgehead atoms. The number of piperazine rings is 1. The fourth-order valence-corrected chi connectivity index (χ4v) is 5.67. The number of anilines is 1. The van der Waals surface area contributed by atoms with Gasteiger partial charge in [-0.15, -0.1) is 0 Å². The fourth-order valence-electron chi connectivity index (χ4n) is 5.37. The third kappa shape index (κ3) is 7.64. The standard InChI is InChI=1S/C33H36Cl2N4O5/c1-2-3-5-10-26-12-13-27(33(42)44-26)31(40)39-21-24(36-43-22-23-8-6-4-7-9-23)19-30(39)32(41)38-17-15-37(16-18-38)25-11-14-28(34)29(35)20-25/h4,6-9,11-14,19-20,30,36H,2-3,5,10,15-18,21-22H2,1H3. The van der Waals surface area contributed by atoms with Crippen LogP contribution in [-0.4, -0.2) is 60.4 Å². The van der Waals surface area contributed by atoms with E-state index in [4.69, 9.17) is 32.5 Å². The van der Waals surface area contributed by atoms with E-state index in [1.54, 1.807) is 23.1 Å². The third-order valence-electron chi connectivity index (χ3n) is 7.83. The van der Waals surface area contributed by atoms with E-state index in [1.807, 2.05) is 42.5 Å². The van der Waals surface area contributed by atoms with Gasteiger partial charge in [-0.2, -0.15) is 0 Å². The molecule has 0 spiro atoms. The van der Waals surface area contributed by atoms with Gasteiger partial charge < -0.3 is 19.1 Å². The second-order valence-corrected chi connectivity index (χ2v) is 11.7. The summed E-state index contributed by atoms with van der Waals surface area (Å²) >= 11 is 12.3. The Bertz CT molecular complexity index is 1550. The lowest BCUT2D eigenvalue weighted by Gasteiger charge is -2.38. The van der Waals surface area contributed by atoms with Crippen LogP contribution in [0.5, 0.6) is 0 Å². The normalized spacial score (nSPS) is 16.7. The number of carbonyl (C=O) groups is 2. The largest absolute Gasteiger partial charge is 0.427 e. The highest BCUT2D eigenvalue weighted by Crippen LogP contribution is 2.28. The van der Waals surface area contributed by atoms with E-state index < -0.39 is 17.6 Å². The lowest BCUT2D eigenvalue weighted by molar-refractivity contribution is -0.134. The van der Waals surface area contributed by atoms with Crippen molar-refractivity contribution in [3.8, 4) is 0 Å². The Morgan fingerprint density at radius 1 is 0.977 bits per heavy atom. The van der Waals surface area contributed by atoms with Crippen molar-refractivity contribution in [2.24, 2.45) is 0 Å². The highest BCUT2D eigenvalue weighted by Gasteiger charge is 2.39. The predicted octanol–water partition coefficient (Wildman–Crippen LogP) is 5.46. The van der Waals surface area contributed by atoms with Crippen molar-refractivity contribution in [2.75, 3.05) is 37.6 Å². The van der Waals surface area contributed by atoms with Gasteiger partial charge in [-0.3, -0.25) is 19.9 Å². The lowest BCUT2D eigenvalue weighted by Crippen LogP contribution is -2.54. The van der Waals surface area contributed by atoms with Crippen LogP contribution < -0.4 is 16.0 Å². The zero-order chi connectivity index (χ0) is 31.1. The van der Waals surface area contributed by atoms with Crippen LogP contribution in [0.25, 0.3) is 0 Å². The summed E-state index contributed by atoms with van der Waals surface area (Å²) in [7, 11) is 0. The van der Waals surface area contributed by atoms with Gasteiger partial charge in [0.05, 0.1) is 28.9 Å². The summed E-state index contributed by atoms with van der Waals surface area (Å²) in [6.45, 7) is 4.55. The lowest BCUT2D eigenvalue weighted by atomic mass is 10.1. The summed E-state index contributed by atoms with van der Waals surface area (Å²) in [5.74, 6) is -0.251. The van der Waals surface area contributed by atoms with Gasteiger partial charge in [-0.25, -0.2) is 4.79 Å². The van der Waals surface area contributed by atoms with Crippen LogP contribution in [0.2, 0.25) is 10.0 Å². The van der Waals surface area contributed by atoms with E-state index >= 15 is 0 Å². The summed E-state index contributed by atoms with van der Waals surface area (Å²) in [4.78, 5) is 51.5. The van der Waals surface area contributed by atoms with Crippen molar-refractivity contribution in [3.63, 3.8) is 0 Å².